The van der Waals surface area contributed by atoms with E-state index in [4.69, 9.17) is 0 Å². The van der Waals surface area contributed by atoms with Crippen molar-refractivity contribution in [3.05, 3.63) is 24.3 Å². The summed E-state index contributed by atoms with van der Waals surface area (Å²) in [6.45, 7) is 6.43. The number of rotatable bonds is 3. The standard InChI is InChI=1S/C19H29N3O2/c1-19(2,24)17-10-7-13-22(17)18(23)20-15-8-6-9-16(14-15)21-11-4-3-5-12-21/h6,8-9,14,17,24H,3-5,7,10-13H2,1-2H3,(H,20,23). The van der Waals surface area contributed by atoms with Gasteiger partial charge in [0.15, 0.2) is 0 Å². The van der Waals surface area contributed by atoms with Gasteiger partial charge in [0.2, 0.25) is 0 Å². The Bertz CT molecular complexity index is 576. The van der Waals surface area contributed by atoms with E-state index in [2.05, 4.69) is 22.3 Å². The normalized spacial score (nSPS) is 21.9. The first kappa shape index (κ1) is 17.1. The molecule has 2 heterocycles. The number of carbonyl (C=O) groups excluding carboxylic acids is 1. The molecule has 2 saturated heterocycles. The van der Waals surface area contributed by atoms with Gasteiger partial charge in [-0.2, -0.15) is 0 Å². The van der Waals surface area contributed by atoms with E-state index in [0.717, 1.165) is 31.6 Å². The molecule has 0 aromatic heterocycles. The molecule has 0 bridgehead atoms. The highest BCUT2D eigenvalue weighted by molar-refractivity contribution is 5.90. The second-order valence-corrected chi connectivity index (χ2v) is 7.53. The molecule has 1 unspecified atom stereocenters. The molecule has 2 aliphatic rings. The molecule has 5 nitrogen and oxygen atoms in total. The maximum Gasteiger partial charge on any atom is 0.322 e. The number of nitrogens with one attached hydrogen (secondary N) is 1. The Kier molecular flexibility index (Phi) is 4.99. The minimum absolute atomic E-state index is 0.115. The molecule has 0 spiro atoms. The third-order valence-electron chi connectivity index (χ3n) is 5.15. The number of anilines is 2. The maximum atomic E-state index is 12.6. The van der Waals surface area contributed by atoms with Crippen LogP contribution >= 0.6 is 0 Å². The van der Waals surface area contributed by atoms with Gasteiger partial charge in [0.1, 0.15) is 0 Å². The minimum atomic E-state index is -0.872. The average Bonchev–Trinajstić information content (AvgIpc) is 3.06. The number of nitrogens with zero attached hydrogens (tertiary/aromatic N) is 2. The Balaban J connectivity index is 1.68. The summed E-state index contributed by atoms with van der Waals surface area (Å²) in [7, 11) is 0. The fourth-order valence-electron chi connectivity index (χ4n) is 3.87. The van der Waals surface area contributed by atoms with E-state index in [9.17, 15) is 9.90 Å². The number of carbonyl (C=O) groups is 1. The average molecular weight is 331 g/mol. The molecule has 0 radical (unpaired) electrons. The molecule has 0 saturated carbocycles. The Hall–Kier alpha value is -1.75. The number of amides is 2. The Morgan fingerprint density at radius 2 is 1.92 bits per heavy atom. The summed E-state index contributed by atoms with van der Waals surface area (Å²) >= 11 is 0. The molecule has 1 aromatic carbocycles. The molecule has 132 valence electrons. The summed E-state index contributed by atoms with van der Waals surface area (Å²) in [4.78, 5) is 16.8. The second-order valence-electron chi connectivity index (χ2n) is 7.53. The lowest BCUT2D eigenvalue weighted by molar-refractivity contribution is 0.0117. The Labute approximate surface area is 144 Å². The van der Waals surface area contributed by atoms with E-state index < -0.39 is 5.60 Å². The van der Waals surface area contributed by atoms with E-state index in [-0.39, 0.29) is 12.1 Å². The maximum absolute atomic E-state index is 12.6. The van der Waals surface area contributed by atoms with E-state index in [1.54, 1.807) is 18.7 Å². The van der Waals surface area contributed by atoms with Crippen molar-refractivity contribution in [3.63, 3.8) is 0 Å². The van der Waals surface area contributed by atoms with Gasteiger partial charge >= 0.3 is 6.03 Å². The van der Waals surface area contributed by atoms with E-state index in [1.807, 2.05) is 12.1 Å². The zero-order chi connectivity index (χ0) is 17.2. The van der Waals surface area contributed by atoms with Gasteiger partial charge in [-0.05, 0) is 64.2 Å². The number of piperidine rings is 1. The predicted molar refractivity (Wildman–Crippen MR) is 97.6 cm³/mol. The molecule has 2 amide bonds. The topological polar surface area (TPSA) is 55.8 Å². The highest BCUT2D eigenvalue weighted by atomic mass is 16.3. The summed E-state index contributed by atoms with van der Waals surface area (Å²) in [6, 6.07) is 7.85. The fraction of sp³-hybridized carbons (Fsp3) is 0.632. The molecule has 5 heteroatoms. The molecular formula is C19H29N3O2. The highest BCUT2D eigenvalue weighted by Gasteiger charge is 2.38. The van der Waals surface area contributed by atoms with Gasteiger partial charge in [0.05, 0.1) is 11.6 Å². The van der Waals surface area contributed by atoms with Crippen LogP contribution in [0, 0.1) is 0 Å². The molecule has 0 aliphatic carbocycles. The number of benzene rings is 1. The van der Waals surface area contributed by atoms with Crippen molar-refractivity contribution < 1.29 is 9.90 Å². The number of urea groups is 1. The summed E-state index contributed by atoms with van der Waals surface area (Å²) in [5.74, 6) is 0. The second kappa shape index (κ2) is 7.01. The van der Waals surface area contributed by atoms with Crippen LogP contribution in [0.25, 0.3) is 0 Å². The van der Waals surface area contributed by atoms with Crippen molar-refractivity contribution in [2.45, 2.75) is 57.6 Å². The van der Waals surface area contributed by atoms with Crippen LogP contribution in [0.4, 0.5) is 16.2 Å². The first-order valence-corrected chi connectivity index (χ1v) is 9.10. The summed E-state index contributed by atoms with van der Waals surface area (Å²) in [5, 5.41) is 13.3. The lowest BCUT2D eigenvalue weighted by atomic mass is 9.97. The van der Waals surface area contributed by atoms with Crippen molar-refractivity contribution in [1.29, 1.82) is 0 Å². The van der Waals surface area contributed by atoms with E-state index in [1.165, 1.54) is 24.9 Å². The third-order valence-corrected chi connectivity index (χ3v) is 5.15. The minimum Gasteiger partial charge on any atom is -0.388 e. The quantitative estimate of drug-likeness (QED) is 0.892. The summed E-state index contributed by atoms with van der Waals surface area (Å²) < 4.78 is 0. The van der Waals surface area contributed by atoms with Gasteiger partial charge in [-0.3, -0.25) is 0 Å². The number of hydrogen-bond acceptors (Lipinski definition) is 3. The van der Waals surface area contributed by atoms with Gasteiger partial charge in [-0.1, -0.05) is 6.07 Å². The molecule has 2 N–H and O–H groups in total. The molecule has 24 heavy (non-hydrogen) atoms. The van der Waals surface area contributed by atoms with Crippen LogP contribution in [0.1, 0.15) is 46.0 Å². The van der Waals surface area contributed by atoms with Gasteiger partial charge in [0, 0.05) is 31.0 Å². The van der Waals surface area contributed by atoms with Crippen LogP contribution in [0.2, 0.25) is 0 Å². The van der Waals surface area contributed by atoms with Crippen LogP contribution < -0.4 is 10.2 Å². The summed E-state index contributed by atoms with van der Waals surface area (Å²) in [5.41, 5.74) is 1.13. The molecule has 1 atom stereocenters. The largest absolute Gasteiger partial charge is 0.388 e. The van der Waals surface area contributed by atoms with Crippen LogP contribution in [-0.2, 0) is 0 Å². The molecule has 2 aliphatic heterocycles. The first-order valence-electron chi connectivity index (χ1n) is 9.10. The third kappa shape index (κ3) is 3.83. The number of likely N-dealkylation sites (tertiary alicyclic amines) is 1. The van der Waals surface area contributed by atoms with Crippen LogP contribution in [0.5, 0.6) is 0 Å². The van der Waals surface area contributed by atoms with Gasteiger partial charge in [0.25, 0.3) is 0 Å². The number of aliphatic hydroxyl groups is 1. The SMILES string of the molecule is CC(C)(O)C1CCCN1C(=O)Nc1cccc(N2CCCCC2)c1. The van der Waals surface area contributed by atoms with Crippen LogP contribution in [-0.4, -0.2) is 47.3 Å². The first-order chi connectivity index (χ1) is 11.4. The predicted octanol–water partition coefficient (Wildman–Crippen LogP) is 3.44. The van der Waals surface area contributed by atoms with Crippen LogP contribution in [0.15, 0.2) is 24.3 Å². The molecule has 1 aromatic rings. The fourth-order valence-corrected chi connectivity index (χ4v) is 3.87. The Morgan fingerprint density at radius 1 is 1.17 bits per heavy atom. The number of hydrogen-bond donors (Lipinski definition) is 2. The Morgan fingerprint density at radius 3 is 2.62 bits per heavy atom. The zero-order valence-corrected chi connectivity index (χ0v) is 14.8. The van der Waals surface area contributed by atoms with E-state index >= 15 is 0 Å². The summed E-state index contributed by atoms with van der Waals surface area (Å²) in [6.07, 6.45) is 5.57. The molecule has 3 rings (SSSR count). The van der Waals surface area contributed by atoms with Crippen molar-refractivity contribution in [2.75, 3.05) is 29.9 Å². The van der Waals surface area contributed by atoms with Crippen LogP contribution in [0.3, 0.4) is 0 Å². The molecule has 2 fully saturated rings. The van der Waals surface area contributed by atoms with Crippen molar-refractivity contribution >= 4 is 17.4 Å². The van der Waals surface area contributed by atoms with Crippen molar-refractivity contribution in [1.82, 2.24) is 4.90 Å². The molecular weight excluding hydrogens is 302 g/mol. The highest BCUT2D eigenvalue weighted by Crippen LogP contribution is 2.28. The lowest BCUT2D eigenvalue weighted by Gasteiger charge is -2.34. The lowest BCUT2D eigenvalue weighted by Crippen LogP contribution is -2.49. The van der Waals surface area contributed by atoms with Crippen molar-refractivity contribution in [2.24, 2.45) is 0 Å². The van der Waals surface area contributed by atoms with E-state index in [0.29, 0.717) is 6.54 Å². The zero-order valence-electron chi connectivity index (χ0n) is 14.8. The van der Waals surface area contributed by atoms with Crippen molar-refractivity contribution in [3.8, 4) is 0 Å². The van der Waals surface area contributed by atoms with Gasteiger partial charge in [-0.15, -0.1) is 0 Å². The van der Waals surface area contributed by atoms with Gasteiger partial charge in [-0.25, -0.2) is 4.79 Å². The monoisotopic (exact) mass is 331 g/mol. The van der Waals surface area contributed by atoms with Gasteiger partial charge < -0.3 is 20.2 Å². The smallest absolute Gasteiger partial charge is 0.322 e.